The fraction of sp³-hybridized carbons (Fsp3) is 0.556. The molecule has 6 heteroatoms. The molecule has 5 nitrogen and oxygen atoms in total. The molecule has 2 rings (SSSR count). The quantitative estimate of drug-likeness (QED) is 0.859. The summed E-state index contributed by atoms with van der Waals surface area (Å²) in [4.78, 5) is 12.2. The average Bonchev–Trinajstić information content (AvgIpc) is 2.61. The topological polar surface area (TPSA) is 82.0 Å². The zero-order chi connectivity index (χ0) is 17.5. The van der Waals surface area contributed by atoms with Gasteiger partial charge in [-0.2, -0.15) is 5.26 Å². The first-order chi connectivity index (χ1) is 11.5. The van der Waals surface area contributed by atoms with Gasteiger partial charge in [0.1, 0.15) is 0 Å². The number of hydrogen-bond donors (Lipinski definition) is 2. The predicted molar refractivity (Wildman–Crippen MR) is 96.0 cm³/mol. The monoisotopic (exact) mass is 347 g/mol. The molecule has 2 amide bonds. The minimum absolute atomic E-state index is 0.0805. The molecule has 1 aliphatic carbocycles. The number of carbonyl (C=O) groups is 1. The van der Waals surface area contributed by atoms with Gasteiger partial charge in [0.25, 0.3) is 0 Å². The van der Waals surface area contributed by atoms with Crippen LogP contribution >= 0.6 is 0 Å². The van der Waals surface area contributed by atoms with Crippen molar-refractivity contribution in [1.82, 2.24) is 10.6 Å². The van der Waals surface area contributed by atoms with Crippen LogP contribution in [0.25, 0.3) is 0 Å². The summed E-state index contributed by atoms with van der Waals surface area (Å²) in [6.45, 7) is 3.84. The van der Waals surface area contributed by atoms with E-state index in [-0.39, 0.29) is 23.4 Å². The highest BCUT2D eigenvalue weighted by Gasteiger charge is 2.26. The molecule has 0 radical (unpaired) electrons. The Kier molecular flexibility index (Phi) is 6.80. The lowest BCUT2D eigenvalue weighted by Crippen LogP contribution is -2.46. The summed E-state index contributed by atoms with van der Waals surface area (Å²) in [5, 5.41) is 15.1. The minimum Gasteiger partial charge on any atom is -0.335 e. The van der Waals surface area contributed by atoms with Gasteiger partial charge < -0.3 is 10.6 Å². The van der Waals surface area contributed by atoms with Crippen LogP contribution in [0.1, 0.15) is 56.7 Å². The largest absolute Gasteiger partial charge is 0.335 e. The third-order valence-electron chi connectivity index (χ3n) is 4.48. The van der Waals surface area contributed by atoms with E-state index in [9.17, 15) is 9.00 Å². The molecule has 2 N–H and O–H groups in total. The number of urea groups is 1. The van der Waals surface area contributed by atoms with E-state index in [0.29, 0.717) is 11.3 Å². The molecule has 0 aromatic heterocycles. The van der Waals surface area contributed by atoms with E-state index in [1.54, 1.807) is 12.1 Å². The van der Waals surface area contributed by atoms with Crippen LogP contribution in [0, 0.1) is 11.3 Å². The van der Waals surface area contributed by atoms with E-state index in [0.717, 1.165) is 31.2 Å². The molecule has 0 spiro atoms. The molecule has 24 heavy (non-hydrogen) atoms. The molecule has 0 heterocycles. The Morgan fingerprint density at radius 3 is 2.96 bits per heavy atom. The second-order valence-electron chi connectivity index (χ2n) is 6.23. The van der Waals surface area contributed by atoms with Crippen LogP contribution in [0.2, 0.25) is 0 Å². The van der Waals surface area contributed by atoms with E-state index in [4.69, 9.17) is 5.26 Å². The Hall–Kier alpha value is -1.87. The van der Waals surface area contributed by atoms with Crippen LogP contribution in [0.15, 0.2) is 24.3 Å². The molecular weight excluding hydrogens is 322 g/mol. The van der Waals surface area contributed by atoms with E-state index < -0.39 is 10.8 Å². The van der Waals surface area contributed by atoms with Crippen molar-refractivity contribution in [2.75, 3.05) is 5.75 Å². The summed E-state index contributed by atoms with van der Waals surface area (Å²) < 4.78 is 12.0. The zero-order valence-corrected chi connectivity index (χ0v) is 15.1. The summed E-state index contributed by atoms with van der Waals surface area (Å²) in [5.74, 6) is 0.676. The lowest BCUT2D eigenvalue weighted by Gasteiger charge is -2.29. The van der Waals surface area contributed by atoms with E-state index >= 15 is 0 Å². The van der Waals surface area contributed by atoms with Crippen molar-refractivity contribution >= 4 is 16.8 Å². The number of nitriles is 1. The standard InChI is InChI=1S/C18H25N3O2S/c1-3-24(23)17-9-5-8-16(11-17)21-18(22)20-13(2)15-7-4-6-14(10-15)12-19/h4,6-7,10,13,16-17H,3,5,8-9,11H2,1-2H3,(H2,20,21,22)/t13-,16+,17+,24-/m0/s1. The first-order valence-corrected chi connectivity index (χ1v) is 9.86. The first-order valence-electron chi connectivity index (χ1n) is 8.47. The number of rotatable bonds is 5. The van der Waals surface area contributed by atoms with Crippen LogP contribution < -0.4 is 10.6 Å². The maximum atomic E-state index is 12.2. The second-order valence-corrected chi connectivity index (χ2v) is 8.24. The number of amides is 2. The summed E-state index contributed by atoms with van der Waals surface area (Å²) in [6.07, 6.45) is 3.70. The van der Waals surface area contributed by atoms with Crippen LogP contribution in [0.4, 0.5) is 4.79 Å². The highest BCUT2D eigenvalue weighted by atomic mass is 32.2. The minimum atomic E-state index is -0.795. The maximum absolute atomic E-state index is 12.2. The van der Waals surface area contributed by atoms with E-state index in [1.807, 2.05) is 26.0 Å². The third-order valence-corrected chi connectivity index (χ3v) is 6.22. The molecule has 1 aromatic rings. The van der Waals surface area contributed by atoms with Crippen molar-refractivity contribution in [2.24, 2.45) is 0 Å². The molecule has 1 saturated carbocycles. The van der Waals surface area contributed by atoms with Gasteiger partial charge in [-0.05, 0) is 43.9 Å². The maximum Gasteiger partial charge on any atom is 0.315 e. The smallest absolute Gasteiger partial charge is 0.315 e. The lowest BCUT2D eigenvalue weighted by molar-refractivity contribution is 0.230. The molecule has 0 saturated heterocycles. The number of nitrogens with one attached hydrogen (secondary N) is 2. The molecular formula is C18H25N3O2S. The Bertz CT molecular complexity index is 641. The summed E-state index contributed by atoms with van der Waals surface area (Å²) in [5.41, 5.74) is 1.48. The molecule has 0 bridgehead atoms. The predicted octanol–water partition coefficient (Wildman–Crippen LogP) is 3.00. The number of nitrogens with zero attached hydrogens (tertiary/aromatic N) is 1. The molecule has 1 fully saturated rings. The lowest BCUT2D eigenvalue weighted by atomic mass is 9.95. The Labute approximate surface area is 146 Å². The van der Waals surface area contributed by atoms with Crippen LogP contribution in [0.5, 0.6) is 0 Å². The molecule has 0 unspecified atom stereocenters. The van der Waals surface area contributed by atoms with Crippen molar-refractivity contribution in [1.29, 1.82) is 5.26 Å². The third kappa shape index (κ3) is 5.07. The first kappa shape index (κ1) is 18.5. The zero-order valence-electron chi connectivity index (χ0n) is 14.2. The van der Waals surface area contributed by atoms with Crippen molar-refractivity contribution in [3.05, 3.63) is 35.4 Å². The van der Waals surface area contributed by atoms with Gasteiger partial charge in [-0.15, -0.1) is 0 Å². The molecule has 1 aromatic carbocycles. The van der Waals surface area contributed by atoms with Crippen molar-refractivity contribution in [3.8, 4) is 6.07 Å². The van der Waals surface area contributed by atoms with Gasteiger partial charge in [0.2, 0.25) is 0 Å². The number of carbonyl (C=O) groups excluding carboxylic acids is 1. The molecule has 0 aliphatic heterocycles. The Morgan fingerprint density at radius 2 is 2.25 bits per heavy atom. The van der Waals surface area contributed by atoms with Crippen molar-refractivity contribution in [2.45, 2.75) is 56.9 Å². The average molecular weight is 347 g/mol. The van der Waals surface area contributed by atoms with Crippen LogP contribution in [0.3, 0.4) is 0 Å². The Morgan fingerprint density at radius 1 is 1.46 bits per heavy atom. The van der Waals surface area contributed by atoms with E-state index in [2.05, 4.69) is 16.7 Å². The van der Waals surface area contributed by atoms with Gasteiger partial charge in [-0.25, -0.2) is 4.79 Å². The van der Waals surface area contributed by atoms with Gasteiger partial charge >= 0.3 is 6.03 Å². The van der Waals surface area contributed by atoms with Crippen LogP contribution in [-0.2, 0) is 10.8 Å². The molecule has 4 atom stereocenters. The SMILES string of the molecule is CC[S@](=O)[C@@H]1CCC[C@@H](NC(=O)N[C@@H](C)c2cccc(C#N)c2)C1. The fourth-order valence-corrected chi connectivity index (χ4v) is 4.48. The normalized spacial score (nSPS) is 22.9. The van der Waals surface area contributed by atoms with Gasteiger partial charge in [0.15, 0.2) is 0 Å². The summed E-state index contributed by atoms with van der Waals surface area (Å²) >= 11 is 0. The summed E-state index contributed by atoms with van der Waals surface area (Å²) in [6, 6.07) is 9.03. The highest BCUT2D eigenvalue weighted by molar-refractivity contribution is 7.85. The molecule has 1 aliphatic rings. The fourth-order valence-electron chi connectivity index (χ4n) is 3.14. The van der Waals surface area contributed by atoms with Crippen molar-refractivity contribution in [3.63, 3.8) is 0 Å². The van der Waals surface area contributed by atoms with E-state index in [1.165, 1.54) is 0 Å². The van der Waals surface area contributed by atoms with Gasteiger partial charge in [-0.3, -0.25) is 4.21 Å². The van der Waals surface area contributed by atoms with Gasteiger partial charge in [0, 0.05) is 27.8 Å². The molecule has 130 valence electrons. The summed E-state index contributed by atoms with van der Waals surface area (Å²) in [7, 11) is -0.795. The second kappa shape index (κ2) is 8.84. The van der Waals surface area contributed by atoms with Crippen LogP contribution in [-0.4, -0.2) is 27.3 Å². The van der Waals surface area contributed by atoms with Gasteiger partial charge in [-0.1, -0.05) is 25.5 Å². The highest BCUT2D eigenvalue weighted by Crippen LogP contribution is 2.23. The van der Waals surface area contributed by atoms with Gasteiger partial charge in [0.05, 0.1) is 17.7 Å². The Balaban J connectivity index is 1.88. The number of hydrogen-bond acceptors (Lipinski definition) is 3. The number of benzene rings is 1. The van der Waals surface area contributed by atoms with Crippen molar-refractivity contribution < 1.29 is 9.00 Å².